The van der Waals surface area contributed by atoms with Gasteiger partial charge >= 0.3 is 6.03 Å². The minimum atomic E-state index is -0.588. The van der Waals surface area contributed by atoms with Crippen LogP contribution in [0.3, 0.4) is 0 Å². The number of nitrogens with one attached hydrogen (secondary N) is 2. The zero-order valence-corrected chi connectivity index (χ0v) is 15.6. The van der Waals surface area contributed by atoms with Gasteiger partial charge < -0.3 is 30.1 Å². The molecule has 2 aliphatic heterocycles. The second-order valence-electron chi connectivity index (χ2n) is 6.97. The van der Waals surface area contributed by atoms with E-state index in [9.17, 15) is 19.1 Å². The van der Waals surface area contributed by atoms with Gasteiger partial charge in [-0.2, -0.15) is 0 Å². The predicted octanol–water partition coefficient (Wildman–Crippen LogP) is 1.10. The molecule has 154 valence electrons. The third kappa shape index (κ3) is 5.63. The van der Waals surface area contributed by atoms with Gasteiger partial charge in [-0.15, -0.1) is 0 Å². The first kappa shape index (κ1) is 20.5. The van der Waals surface area contributed by atoms with Crippen LogP contribution >= 0.6 is 0 Å². The Morgan fingerprint density at radius 2 is 1.89 bits per heavy atom. The van der Waals surface area contributed by atoms with E-state index in [-0.39, 0.29) is 36.9 Å². The van der Waals surface area contributed by atoms with Crippen LogP contribution in [-0.2, 0) is 14.3 Å². The highest BCUT2D eigenvalue weighted by Crippen LogP contribution is 2.23. The summed E-state index contributed by atoms with van der Waals surface area (Å²) in [5, 5.41) is 15.0. The number of anilines is 1. The van der Waals surface area contributed by atoms with Crippen LogP contribution < -0.4 is 10.6 Å². The lowest BCUT2D eigenvalue weighted by molar-refractivity contribution is -0.143. The molecule has 0 radical (unpaired) electrons. The number of morpholine rings is 1. The summed E-state index contributed by atoms with van der Waals surface area (Å²) in [6.07, 6.45) is 0.572. The molecular formula is C19H26FN3O5. The fourth-order valence-corrected chi connectivity index (χ4v) is 3.45. The van der Waals surface area contributed by atoms with E-state index in [2.05, 4.69) is 10.6 Å². The Morgan fingerprint density at radius 1 is 1.18 bits per heavy atom. The van der Waals surface area contributed by atoms with Gasteiger partial charge in [-0.05, 0) is 37.1 Å². The monoisotopic (exact) mass is 395 g/mol. The third-order valence-corrected chi connectivity index (χ3v) is 4.98. The Kier molecular flexibility index (Phi) is 7.18. The topological polar surface area (TPSA) is 100 Å². The molecule has 9 heteroatoms. The molecule has 0 aliphatic carbocycles. The molecule has 3 N–H and O–H groups in total. The minimum absolute atomic E-state index is 0.0189. The SMILES string of the molecule is O=C(Nc1ccc(F)cc1)N[C@@H]1CC[C@H](CC(=O)N2CCOCC2)O[C@@H]1CO. The molecule has 1 aromatic carbocycles. The van der Waals surface area contributed by atoms with Gasteiger partial charge in [0.05, 0.1) is 38.4 Å². The second-order valence-corrected chi connectivity index (χ2v) is 6.97. The van der Waals surface area contributed by atoms with Crippen molar-refractivity contribution < 1.29 is 28.6 Å². The Hall–Kier alpha value is -2.23. The van der Waals surface area contributed by atoms with Crippen LogP contribution in [-0.4, -0.2) is 73.1 Å². The lowest BCUT2D eigenvalue weighted by atomic mass is 9.97. The van der Waals surface area contributed by atoms with Crippen LogP contribution in [0.5, 0.6) is 0 Å². The maximum Gasteiger partial charge on any atom is 0.319 e. The third-order valence-electron chi connectivity index (χ3n) is 4.98. The summed E-state index contributed by atoms with van der Waals surface area (Å²) >= 11 is 0. The van der Waals surface area contributed by atoms with Gasteiger partial charge in [-0.3, -0.25) is 4.79 Å². The molecule has 3 atom stereocenters. The van der Waals surface area contributed by atoms with E-state index in [0.29, 0.717) is 44.8 Å². The molecule has 0 saturated carbocycles. The number of halogens is 1. The molecule has 3 amide bonds. The molecule has 2 aliphatic rings. The number of carbonyl (C=O) groups is 2. The first-order valence-electron chi connectivity index (χ1n) is 9.50. The first-order valence-corrected chi connectivity index (χ1v) is 9.50. The number of carbonyl (C=O) groups excluding carboxylic acids is 2. The Labute approximate surface area is 163 Å². The van der Waals surface area contributed by atoms with Crippen LogP contribution in [0.1, 0.15) is 19.3 Å². The largest absolute Gasteiger partial charge is 0.394 e. The number of aliphatic hydroxyl groups is 1. The van der Waals surface area contributed by atoms with E-state index < -0.39 is 12.1 Å². The molecule has 1 aromatic rings. The van der Waals surface area contributed by atoms with E-state index in [1.807, 2.05) is 0 Å². The van der Waals surface area contributed by atoms with Crippen molar-refractivity contribution in [3.63, 3.8) is 0 Å². The van der Waals surface area contributed by atoms with Gasteiger partial charge in [0, 0.05) is 18.8 Å². The minimum Gasteiger partial charge on any atom is -0.394 e. The lowest BCUT2D eigenvalue weighted by Crippen LogP contribution is -2.52. The maximum atomic E-state index is 12.9. The number of nitrogens with zero attached hydrogens (tertiary/aromatic N) is 1. The second kappa shape index (κ2) is 9.81. The van der Waals surface area contributed by atoms with Crippen molar-refractivity contribution >= 4 is 17.6 Å². The molecule has 2 saturated heterocycles. The molecule has 3 rings (SSSR count). The fourth-order valence-electron chi connectivity index (χ4n) is 3.45. The Bertz CT molecular complexity index is 666. The zero-order valence-electron chi connectivity index (χ0n) is 15.6. The number of urea groups is 1. The summed E-state index contributed by atoms with van der Waals surface area (Å²) in [5.41, 5.74) is 0.463. The molecule has 0 spiro atoms. The number of amides is 3. The molecular weight excluding hydrogens is 369 g/mol. The van der Waals surface area contributed by atoms with Crippen molar-refractivity contribution in [1.29, 1.82) is 0 Å². The van der Waals surface area contributed by atoms with Gasteiger partial charge in [0.25, 0.3) is 0 Å². The average Bonchev–Trinajstić information content (AvgIpc) is 2.71. The van der Waals surface area contributed by atoms with Crippen molar-refractivity contribution in [3.05, 3.63) is 30.1 Å². The van der Waals surface area contributed by atoms with Crippen LogP contribution in [0.2, 0.25) is 0 Å². The Balaban J connectivity index is 1.47. The van der Waals surface area contributed by atoms with Crippen molar-refractivity contribution in [1.82, 2.24) is 10.2 Å². The van der Waals surface area contributed by atoms with Crippen LogP contribution in [0.25, 0.3) is 0 Å². The summed E-state index contributed by atoms with van der Waals surface area (Å²) < 4.78 is 24.0. The molecule has 2 fully saturated rings. The number of rotatable bonds is 5. The summed E-state index contributed by atoms with van der Waals surface area (Å²) in [5.74, 6) is -0.366. The molecule has 0 aromatic heterocycles. The summed E-state index contributed by atoms with van der Waals surface area (Å²) in [4.78, 5) is 26.3. The summed E-state index contributed by atoms with van der Waals surface area (Å²) in [6.45, 7) is 2.01. The highest BCUT2D eigenvalue weighted by atomic mass is 19.1. The van der Waals surface area contributed by atoms with E-state index in [4.69, 9.17) is 9.47 Å². The molecule has 0 unspecified atom stereocenters. The van der Waals surface area contributed by atoms with Crippen molar-refractivity contribution in [2.24, 2.45) is 0 Å². The summed E-state index contributed by atoms with van der Waals surface area (Å²) in [7, 11) is 0. The molecule has 0 bridgehead atoms. The smallest absolute Gasteiger partial charge is 0.319 e. The van der Waals surface area contributed by atoms with Crippen molar-refractivity contribution in [3.8, 4) is 0 Å². The van der Waals surface area contributed by atoms with Gasteiger partial charge in [0.2, 0.25) is 5.91 Å². The van der Waals surface area contributed by atoms with Crippen molar-refractivity contribution in [2.45, 2.75) is 37.5 Å². The Morgan fingerprint density at radius 3 is 2.57 bits per heavy atom. The predicted molar refractivity (Wildman–Crippen MR) is 99.3 cm³/mol. The molecule has 28 heavy (non-hydrogen) atoms. The number of hydrogen-bond acceptors (Lipinski definition) is 5. The maximum absolute atomic E-state index is 12.9. The number of benzene rings is 1. The van der Waals surface area contributed by atoms with Crippen molar-refractivity contribution in [2.75, 3.05) is 38.2 Å². The van der Waals surface area contributed by atoms with Crippen LogP contribution in [0, 0.1) is 5.82 Å². The van der Waals surface area contributed by atoms with Gasteiger partial charge in [0.1, 0.15) is 11.9 Å². The zero-order chi connectivity index (χ0) is 19.9. The number of aliphatic hydroxyl groups excluding tert-OH is 1. The van der Waals surface area contributed by atoms with Crippen LogP contribution in [0.15, 0.2) is 24.3 Å². The lowest BCUT2D eigenvalue weighted by Gasteiger charge is -2.37. The molecule has 8 nitrogen and oxygen atoms in total. The molecule has 2 heterocycles. The van der Waals surface area contributed by atoms with Gasteiger partial charge in [-0.1, -0.05) is 0 Å². The van der Waals surface area contributed by atoms with Gasteiger partial charge in [-0.25, -0.2) is 9.18 Å². The average molecular weight is 395 g/mol. The van der Waals surface area contributed by atoms with E-state index in [1.54, 1.807) is 4.90 Å². The normalized spacial score (nSPS) is 25.2. The number of ether oxygens (including phenoxy) is 2. The fraction of sp³-hybridized carbons (Fsp3) is 0.579. The summed E-state index contributed by atoms with van der Waals surface area (Å²) in [6, 6.07) is 4.60. The van der Waals surface area contributed by atoms with Gasteiger partial charge in [0.15, 0.2) is 0 Å². The highest BCUT2D eigenvalue weighted by Gasteiger charge is 2.33. The standard InChI is InChI=1S/C19H26FN3O5/c20-13-1-3-14(4-2-13)21-19(26)22-16-6-5-15(28-17(16)12-24)11-18(25)23-7-9-27-10-8-23/h1-4,15-17,24H,5-12H2,(H2,21,22,26)/t15-,16-,17-/m1/s1. The highest BCUT2D eigenvalue weighted by molar-refractivity contribution is 5.89. The van der Waals surface area contributed by atoms with E-state index in [1.165, 1.54) is 24.3 Å². The van der Waals surface area contributed by atoms with Crippen LogP contribution in [0.4, 0.5) is 14.9 Å². The van der Waals surface area contributed by atoms with E-state index >= 15 is 0 Å². The van der Waals surface area contributed by atoms with E-state index in [0.717, 1.165) is 0 Å². The first-order chi connectivity index (χ1) is 13.5. The number of hydrogen-bond donors (Lipinski definition) is 3. The quantitative estimate of drug-likeness (QED) is 0.693.